The van der Waals surface area contributed by atoms with Crippen molar-refractivity contribution in [2.24, 2.45) is 11.3 Å². The number of esters is 1. The maximum absolute atomic E-state index is 12.5. The minimum Gasteiger partial charge on any atom is -0.464 e. The number of carbonyl (C=O) groups is 1. The van der Waals surface area contributed by atoms with Crippen LogP contribution in [0.2, 0.25) is 0 Å². The van der Waals surface area contributed by atoms with Gasteiger partial charge in [-0.25, -0.2) is 0 Å². The molecule has 5 atom stereocenters. The van der Waals surface area contributed by atoms with Gasteiger partial charge in [-0.05, 0) is 36.8 Å². The minimum absolute atomic E-state index is 0.00642. The summed E-state index contributed by atoms with van der Waals surface area (Å²) >= 11 is 13.7. The fourth-order valence-electron chi connectivity index (χ4n) is 5.43. The van der Waals surface area contributed by atoms with Gasteiger partial charge in [-0.15, -0.1) is 23.2 Å². The van der Waals surface area contributed by atoms with Crippen molar-refractivity contribution in [3.8, 4) is 0 Å². The van der Waals surface area contributed by atoms with E-state index in [1.54, 1.807) is 0 Å². The van der Waals surface area contributed by atoms with Crippen LogP contribution in [0.3, 0.4) is 0 Å². The zero-order chi connectivity index (χ0) is 17.8. The van der Waals surface area contributed by atoms with E-state index in [9.17, 15) is 4.79 Å². The van der Waals surface area contributed by atoms with Crippen LogP contribution in [0, 0.1) is 11.3 Å². The lowest BCUT2D eigenvalue weighted by Crippen LogP contribution is -2.54. The molecular weight excluding hydrogens is 357 g/mol. The molecule has 0 aromatic carbocycles. The van der Waals surface area contributed by atoms with Gasteiger partial charge in [0.2, 0.25) is 0 Å². The molecule has 2 saturated carbocycles. The lowest BCUT2D eigenvalue weighted by Gasteiger charge is -2.51. The fourth-order valence-corrected chi connectivity index (χ4v) is 6.81. The van der Waals surface area contributed by atoms with Gasteiger partial charge in [0.15, 0.2) is 0 Å². The Bertz CT molecular complexity index is 686. The van der Waals surface area contributed by atoms with Crippen molar-refractivity contribution in [2.75, 3.05) is 6.61 Å². The number of aromatic nitrogens is 1. The summed E-state index contributed by atoms with van der Waals surface area (Å²) in [5.74, 6) is 0.470. The van der Waals surface area contributed by atoms with Crippen LogP contribution in [0.15, 0.2) is 18.3 Å². The summed E-state index contributed by atoms with van der Waals surface area (Å²) in [5, 5.41) is 0.00642. The van der Waals surface area contributed by atoms with E-state index in [4.69, 9.17) is 27.9 Å². The smallest absolute Gasteiger partial charge is 0.308 e. The molecule has 0 aliphatic heterocycles. The summed E-state index contributed by atoms with van der Waals surface area (Å²) in [5.41, 5.74) is 2.23. The number of carbonyl (C=O) groups excluding carboxylic acids is 1. The molecule has 3 nitrogen and oxygen atoms in total. The molecule has 0 bridgehead atoms. The summed E-state index contributed by atoms with van der Waals surface area (Å²) in [6.45, 7) is 4.47. The van der Waals surface area contributed by atoms with E-state index in [2.05, 4.69) is 24.9 Å². The molecule has 1 aromatic heterocycles. The van der Waals surface area contributed by atoms with E-state index >= 15 is 0 Å². The van der Waals surface area contributed by atoms with Crippen molar-refractivity contribution >= 4 is 29.2 Å². The van der Waals surface area contributed by atoms with Gasteiger partial charge in [0.25, 0.3) is 0 Å². The number of hydrogen-bond acceptors (Lipinski definition) is 3. The van der Waals surface area contributed by atoms with Gasteiger partial charge >= 0.3 is 5.97 Å². The zero-order valence-corrected chi connectivity index (χ0v) is 16.3. The Labute approximate surface area is 159 Å². The summed E-state index contributed by atoms with van der Waals surface area (Å²) in [6.07, 6.45) is 6.38. The van der Waals surface area contributed by atoms with Gasteiger partial charge in [0.1, 0.15) is 6.61 Å². The number of fused-ring (bicyclic) bond motifs is 3. The summed E-state index contributed by atoms with van der Waals surface area (Å²) in [4.78, 5) is 16.5. The highest BCUT2D eigenvalue weighted by atomic mass is 35.5. The van der Waals surface area contributed by atoms with E-state index < -0.39 is 4.87 Å². The van der Waals surface area contributed by atoms with Crippen LogP contribution in [0.5, 0.6) is 0 Å². The highest BCUT2D eigenvalue weighted by molar-refractivity contribution is 6.31. The SMILES string of the molecule is CCCC(CCC)C(=O)OC[C@]1(Cl)C[C@@H]2c3cccnc3[C@H]3[C@@H](Cl)[C@@]231. The van der Waals surface area contributed by atoms with Gasteiger partial charge in [-0.3, -0.25) is 9.78 Å². The highest BCUT2D eigenvalue weighted by Gasteiger charge is 2.87. The quantitative estimate of drug-likeness (QED) is 0.492. The van der Waals surface area contributed by atoms with Crippen molar-refractivity contribution in [3.05, 3.63) is 29.6 Å². The second kappa shape index (κ2) is 6.13. The molecule has 3 aliphatic rings. The predicted molar refractivity (Wildman–Crippen MR) is 99.3 cm³/mol. The van der Waals surface area contributed by atoms with Crippen molar-refractivity contribution in [3.63, 3.8) is 0 Å². The first-order chi connectivity index (χ1) is 12.0. The molecule has 4 rings (SSSR count). The molecular formula is C20H25Cl2NO2. The second-order valence-corrected chi connectivity index (χ2v) is 9.09. The first kappa shape index (κ1) is 17.6. The Kier molecular flexibility index (Phi) is 4.31. The Morgan fingerprint density at radius 2 is 2.12 bits per heavy atom. The molecule has 0 N–H and O–H groups in total. The molecule has 136 valence electrons. The van der Waals surface area contributed by atoms with Gasteiger partial charge in [-0.2, -0.15) is 0 Å². The van der Waals surface area contributed by atoms with E-state index in [-0.39, 0.29) is 35.2 Å². The second-order valence-electron chi connectivity index (χ2n) is 7.89. The topological polar surface area (TPSA) is 39.2 Å². The van der Waals surface area contributed by atoms with E-state index in [0.717, 1.165) is 37.8 Å². The van der Waals surface area contributed by atoms with Crippen LogP contribution in [0.4, 0.5) is 0 Å². The highest BCUT2D eigenvalue weighted by Crippen LogP contribution is 2.87. The van der Waals surface area contributed by atoms with Crippen LogP contribution < -0.4 is 0 Å². The number of ether oxygens (including phenoxy) is 1. The molecule has 1 spiro atoms. The van der Waals surface area contributed by atoms with Gasteiger partial charge in [0, 0.05) is 23.2 Å². The largest absolute Gasteiger partial charge is 0.464 e. The lowest BCUT2D eigenvalue weighted by atomic mass is 9.60. The fraction of sp³-hybridized carbons (Fsp3) is 0.700. The third-order valence-electron chi connectivity index (χ3n) is 6.63. The van der Waals surface area contributed by atoms with E-state index in [1.807, 2.05) is 12.3 Å². The van der Waals surface area contributed by atoms with Gasteiger partial charge < -0.3 is 4.74 Å². The minimum atomic E-state index is -0.548. The summed E-state index contributed by atoms with van der Waals surface area (Å²) in [6, 6.07) is 4.13. The molecule has 0 unspecified atom stereocenters. The number of halogens is 2. The predicted octanol–water partition coefficient (Wildman–Crippen LogP) is 5.01. The van der Waals surface area contributed by atoms with Crippen LogP contribution in [0.1, 0.15) is 69.0 Å². The normalized spacial score (nSPS) is 37.1. The molecule has 2 fully saturated rings. The molecule has 1 aromatic rings. The summed E-state index contributed by atoms with van der Waals surface area (Å²) < 4.78 is 5.71. The monoisotopic (exact) mass is 381 g/mol. The molecule has 1 heterocycles. The number of pyridine rings is 1. The Hall–Kier alpha value is -0.800. The standard InChI is InChI=1S/C20H25Cl2NO2/c1-3-6-12(7-4-2)18(24)25-11-19(22)10-14-13-8-5-9-23-16(13)15-17(21)20(14,15)19/h5,8-9,12,14-15,17H,3-4,6-7,10-11H2,1-2H3/t14-,15+,17-,19-,20-/m1/s1. The molecule has 0 amide bonds. The lowest BCUT2D eigenvalue weighted by molar-refractivity contribution is -0.152. The number of nitrogens with zero attached hydrogens (tertiary/aromatic N) is 1. The Morgan fingerprint density at radius 3 is 2.80 bits per heavy atom. The molecule has 0 saturated heterocycles. The summed E-state index contributed by atoms with van der Waals surface area (Å²) in [7, 11) is 0. The van der Waals surface area contributed by atoms with Crippen molar-refractivity contribution < 1.29 is 9.53 Å². The van der Waals surface area contributed by atoms with E-state index in [1.165, 1.54) is 5.56 Å². The first-order valence-electron chi connectivity index (χ1n) is 9.45. The maximum atomic E-state index is 12.5. The molecule has 25 heavy (non-hydrogen) atoms. The average molecular weight is 382 g/mol. The Morgan fingerprint density at radius 1 is 1.40 bits per heavy atom. The van der Waals surface area contributed by atoms with Crippen LogP contribution in [-0.4, -0.2) is 27.8 Å². The Balaban J connectivity index is 1.46. The van der Waals surface area contributed by atoms with Crippen LogP contribution in [-0.2, 0) is 9.53 Å². The van der Waals surface area contributed by atoms with Crippen molar-refractivity contribution in [1.82, 2.24) is 4.98 Å². The molecule has 5 heteroatoms. The van der Waals surface area contributed by atoms with E-state index in [0.29, 0.717) is 5.92 Å². The third-order valence-corrected chi connectivity index (χ3v) is 7.83. The number of alkyl halides is 2. The third kappa shape index (κ3) is 2.24. The van der Waals surface area contributed by atoms with Gasteiger partial charge in [-0.1, -0.05) is 32.8 Å². The number of rotatable bonds is 7. The van der Waals surface area contributed by atoms with Crippen LogP contribution >= 0.6 is 23.2 Å². The first-order valence-corrected chi connectivity index (χ1v) is 10.3. The number of hydrogen-bond donors (Lipinski definition) is 0. The van der Waals surface area contributed by atoms with Crippen molar-refractivity contribution in [1.29, 1.82) is 0 Å². The average Bonchev–Trinajstić information content (AvgIpc) is 3.18. The van der Waals surface area contributed by atoms with Crippen LogP contribution in [0.25, 0.3) is 0 Å². The maximum Gasteiger partial charge on any atom is 0.308 e. The molecule has 0 radical (unpaired) electrons. The van der Waals surface area contributed by atoms with Crippen molar-refractivity contribution in [2.45, 2.75) is 68.0 Å². The molecule has 3 aliphatic carbocycles. The van der Waals surface area contributed by atoms with Gasteiger partial charge in [0.05, 0.1) is 16.2 Å². The zero-order valence-electron chi connectivity index (χ0n) is 14.8.